The first kappa shape index (κ1) is 24.0. The molecule has 1 unspecified atom stereocenters. The molecule has 0 bridgehead atoms. The molecule has 182 valence electrons. The number of allylic oxidation sites excluding steroid dienone is 1. The number of amides is 1. The zero-order valence-corrected chi connectivity index (χ0v) is 21.4. The minimum atomic E-state index is -0.519. The number of piperazine rings is 1. The Balaban J connectivity index is 1.46. The SMILES string of the molecule is CC1=C(C(=O)N2CCN(c3ccc(F)cc3)CC2)C(c2ccc(Cl)c(Cl)c2)n2nc(C)c(Cl)c2N1. The van der Waals surface area contributed by atoms with Gasteiger partial charge in [-0.05, 0) is 55.8 Å². The van der Waals surface area contributed by atoms with E-state index < -0.39 is 6.04 Å². The van der Waals surface area contributed by atoms with E-state index in [1.54, 1.807) is 28.9 Å². The van der Waals surface area contributed by atoms with Crippen LogP contribution in [0.2, 0.25) is 15.1 Å². The Labute approximate surface area is 217 Å². The van der Waals surface area contributed by atoms with Crippen LogP contribution in [0.3, 0.4) is 0 Å². The van der Waals surface area contributed by atoms with Crippen LogP contribution in [0.1, 0.15) is 24.2 Å². The number of aryl methyl sites for hydroxylation is 1. The highest BCUT2D eigenvalue weighted by Crippen LogP contribution is 2.42. The van der Waals surface area contributed by atoms with Crippen LogP contribution >= 0.6 is 34.8 Å². The van der Waals surface area contributed by atoms with E-state index in [2.05, 4.69) is 15.3 Å². The lowest BCUT2D eigenvalue weighted by molar-refractivity contribution is -0.128. The van der Waals surface area contributed by atoms with Gasteiger partial charge in [-0.15, -0.1) is 0 Å². The summed E-state index contributed by atoms with van der Waals surface area (Å²) < 4.78 is 15.0. The van der Waals surface area contributed by atoms with Gasteiger partial charge in [0.1, 0.15) is 22.7 Å². The number of benzene rings is 2. The van der Waals surface area contributed by atoms with Crippen molar-refractivity contribution in [2.75, 3.05) is 36.4 Å². The third-order valence-electron chi connectivity index (χ3n) is 6.49. The molecule has 1 saturated heterocycles. The monoisotopic (exact) mass is 533 g/mol. The molecule has 10 heteroatoms. The molecular formula is C25H23Cl3FN5O. The van der Waals surface area contributed by atoms with Gasteiger partial charge in [0.05, 0.1) is 21.3 Å². The van der Waals surface area contributed by atoms with Crippen molar-refractivity contribution in [2.24, 2.45) is 0 Å². The zero-order chi connectivity index (χ0) is 24.9. The van der Waals surface area contributed by atoms with Gasteiger partial charge in [-0.25, -0.2) is 9.07 Å². The summed E-state index contributed by atoms with van der Waals surface area (Å²) in [7, 11) is 0. The first-order valence-corrected chi connectivity index (χ1v) is 12.3. The number of carbonyl (C=O) groups excluding carboxylic acids is 1. The van der Waals surface area contributed by atoms with E-state index in [9.17, 15) is 9.18 Å². The molecular weight excluding hydrogens is 512 g/mol. The van der Waals surface area contributed by atoms with E-state index in [-0.39, 0.29) is 11.7 Å². The Morgan fingerprint density at radius 2 is 1.69 bits per heavy atom. The van der Waals surface area contributed by atoms with E-state index >= 15 is 0 Å². The topological polar surface area (TPSA) is 53.4 Å². The average Bonchev–Trinajstić information content (AvgIpc) is 3.13. The number of hydrogen-bond donors (Lipinski definition) is 1. The van der Waals surface area contributed by atoms with Gasteiger partial charge in [-0.1, -0.05) is 40.9 Å². The van der Waals surface area contributed by atoms with Crippen molar-refractivity contribution in [2.45, 2.75) is 19.9 Å². The Morgan fingerprint density at radius 3 is 2.34 bits per heavy atom. The molecule has 0 radical (unpaired) electrons. The van der Waals surface area contributed by atoms with Crippen LogP contribution in [-0.4, -0.2) is 46.8 Å². The quantitative estimate of drug-likeness (QED) is 0.453. The van der Waals surface area contributed by atoms with E-state index in [0.29, 0.717) is 64.0 Å². The summed E-state index contributed by atoms with van der Waals surface area (Å²) in [6, 6.07) is 11.2. The molecule has 1 amide bonds. The lowest BCUT2D eigenvalue weighted by Crippen LogP contribution is -2.50. The Hall–Kier alpha value is -2.74. The lowest BCUT2D eigenvalue weighted by Gasteiger charge is -2.38. The van der Waals surface area contributed by atoms with E-state index in [4.69, 9.17) is 34.8 Å². The number of fused-ring (bicyclic) bond motifs is 1. The minimum absolute atomic E-state index is 0.0836. The number of hydrogen-bond acceptors (Lipinski definition) is 4. The van der Waals surface area contributed by atoms with Crippen molar-refractivity contribution in [1.82, 2.24) is 14.7 Å². The normalized spacial score (nSPS) is 17.9. The van der Waals surface area contributed by atoms with Crippen molar-refractivity contribution >= 4 is 52.2 Å². The second kappa shape index (κ2) is 9.37. The molecule has 1 aromatic heterocycles. The summed E-state index contributed by atoms with van der Waals surface area (Å²) in [6.45, 7) is 6.06. The highest BCUT2D eigenvalue weighted by atomic mass is 35.5. The molecule has 1 fully saturated rings. The van der Waals surface area contributed by atoms with Gasteiger partial charge in [-0.3, -0.25) is 4.79 Å². The van der Waals surface area contributed by atoms with Gasteiger partial charge in [0.2, 0.25) is 0 Å². The van der Waals surface area contributed by atoms with Crippen molar-refractivity contribution in [3.05, 3.63) is 85.9 Å². The third-order valence-corrected chi connectivity index (χ3v) is 7.68. The maximum atomic E-state index is 13.9. The summed E-state index contributed by atoms with van der Waals surface area (Å²) >= 11 is 19.0. The highest BCUT2D eigenvalue weighted by Gasteiger charge is 2.37. The molecule has 6 nitrogen and oxygen atoms in total. The maximum absolute atomic E-state index is 13.9. The van der Waals surface area contributed by atoms with E-state index in [1.807, 2.05) is 24.8 Å². The van der Waals surface area contributed by atoms with Crippen LogP contribution in [0.4, 0.5) is 15.9 Å². The van der Waals surface area contributed by atoms with Crippen molar-refractivity contribution in [1.29, 1.82) is 0 Å². The molecule has 0 spiro atoms. The predicted molar refractivity (Wildman–Crippen MR) is 138 cm³/mol. The second-order valence-corrected chi connectivity index (χ2v) is 9.88. The molecule has 1 N–H and O–H groups in total. The molecule has 0 saturated carbocycles. The number of anilines is 2. The van der Waals surface area contributed by atoms with Crippen molar-refractivity contribution < 1.29 is 9.18 Å². The highest BCUT2D eigenvalue weighted by molar-refractivity contribution is 6.42. The largest absolute Gasteiger partial charge is 0.368 e. The van der Waals surface area contributed by atoms with Crippen LogP contribution in [-0.2, 0) is 4.79 Å². The van der Waals surface area contributed by atoms with E-state index in [0.717, 1.165) is 11.3 Å². The summed E-state index contributed by atoms with van der Waals surface area (Å²) in [6.07, 6.45) is 0. The number of nitrogens with one attached hydrogen (secondary N) is 1. The van der Waals surface area contributed by atoms with Crippen molar-refractivity contribution in [3.63, 3.8) is 0 Å². The average molecular weight is 535 g/mol. The van der Waals surface area contributed by atoms with Gasteiger partial charge in [0.25, 0.3) is 5.91 Å². The Bertz CT molecular complexity index is 1330. The van der Waals surface area contributed by atoms with Gasteiger partial charge in [0.15, 0.2) is 0 Å². The standard InChI is InChI=1S/C25H23Cl3FN5O/c1-14-21(25(35)33-11-9-32(10-12-33)18-6-4-17(29)5-7-18)23(16-3-8-19(26)20(27)13-16)34-24(30-14)22(28)15(2)31-34/h3-8,13,23,30H,9-12H2,1-2H3. The van der Waals surface area contributed by atoms with Crippen molar-refractivity contribution in [3.8, 4) is 0 Å². The first-order valence-electron chi connectivity index (χ1n) is 11.2. The zero-order valence-electron chi connectivity index (χ0n) is 19.2. The minimum Gasteiger partial charge on any atom is -0.368 e. The van der Waals surface area contributed by atoms with Gasteiger partial charge in [0, 0.05) is 37.6 Å². The fourth-order valence-corrected chi connectivity index (χ4v) is 5.13. The van der Waals surface area contributed by atoms with E-state index in [1.165, 1.54) is 12.1 Å². The number of rotatable bonds is 3. The lowest BCUT2D eigenvalue weighted by atomic mass is 9.94. The molecule has 1 atom stereocenters. The number of carbonyl (C=O) groups is 1. The fraction of sp³-hybridized carbons (Fsp3) is 0.280. The molecule has 0 aliphatic carbocycles. The molecule has 2 aliphatic heterocycles. The Morgan fingerprint density at radius 1 is 1.00 bits per heavy atom. The van der Waals surface area contributed by atoms with Crippen LogP contribution in [0, 0.1) is 12.7 Å². The number of nitrogens with zero attached hydrogens (tertiary/aromatic N) is 4. The van der Waals surface area contributed by atoms with Gasteiger partial charge in [-0.2, -0.15) is 5.10 Å². The summed E-state index contributed by atoms with van der Waals surface area (Å²) in [4.78, 5) is 17.9. The molecule has 2 aliphatic rings. The first-order chi connectivity index (χ1) is 16.7. The molecule has 3 heterocycles. The molecule has 35 heavy (non-hydrogen) atoms. The summed E-state index contributed by atoms with van der Waals surface area (Å²) in [5.74, 6) is 0.284. The second-order valence-electron chi connectivity index (χ2n) is 8.69. The number of halogens is 4. The van der Waals surface area contributed by atoms with Gasteiger partial charge >= 0.3 is 0 Å². The molecule has 3 aromatic rings. The fourth-order valence-electron chi connectivity index (χ4n) is 4.66. The predicted octanol–water partition coefficient (Wildman–Crippen LogP) is 5.93. The van der Waals surface area contributed by atoms with Crippen LogP contribution < -0.4 is 10.2 Å². The third kappa shape index (κ3) is 4.37. The van der Waals surface area contributed by atoms with Crippen LogP contribution in [0.15, 0.2) is 53.7 Å². The smallest absolute Gasteiger partial charge is 0.254 e. The van der Waals surface area contributed by atoms with Gasteiger partial charge < -0.3 is 15.1 Å². The Kier molecular flexibility index (Phi) is 6.42. The summed E-state index contributed by atoms with van der Waals surface area (Å²) in [5.41, 5.74) is 3.67. The number of aromatic nitrogens is 2. The summed E-state index contributed by atoms with van der Waals surface area (Å²) in [5, 5.41) is 9.26. The van der Waals surface area contributed by atoms with Crippen LogP contribution in [0.5, 0.6) is 0 Å². The molecule has 2 aromatic carbocycles. The maximum Gasteiger partial charge on any atom is 0.254 e. The molecule has 5 rings (SSSR count). The van der Waals surface area contributed by atoms with Crippen LogP contribution in [0.25, 0.3) is 0 Å².